The van der Waals surface area contributed by atoms with Crippen LogP contribution < -0.4 is 10.6 Å². The van der Waals surface area contributed by atoms with Crippen LogP contribution in [0.2, 0.25) is 0 Å². The number of aromatic nitrogens is 3. The fraction of sp³-hybridized carbons (Fsp3) is 0.471. The van der Waals surface area contributed by atoms with Crippen LogP contribution in [-0.2, 0) is 7.05 Å². The second-order valence-corrected chi connectivity index (χ2v) is 6.75. The number of urea groups is 1. The predicted octanol–water partition coefficient (Wildman–Crippen LogP) is 2.31. The molecule has 0 radical (unpaired) electrons. The van der Waals surface area contributed by atoms with Gasteiger partial charge in [0, 0.05) is 30.6 Å². The van der Waals surface area contributed by atoms with E-state index < -0.39 is 11.5 Å². The molecule has 1 unspecified atom stereocenters. The Morgan fingerprint density at radius 2 is 2.08 bits per heavy atom. The minimum absolute atomic E-state index is 0.0907. The van der Waals surface area contributed by atoms with E-state index in [0.717, 1.165) is 11.3 Å². The van der Waals surface area contributed by atoms with Crippen molar-refractivity contribution in [2.45, 2.75) is 33.7 Å². The average Bonchev–Trinajstić information content (AvgIpc) is 2.89. The lowest BCUT2D eigenvalue weighted by Gasteiger charge is -2.32. The number of imidazole rings is 1. The number of aryl methyl sites for hydroxylation is 3. The highest BCUT2D eigenvalue weighted by atomic mass is 16.3. The van der Waals surface area contributed by atoms with Crippen molar-refractivity contribution in [1.82, 2.24) is 19.9 Å². The fourth-order valence-electron chi connectivity index (χ4n) is 2.54. The topological polar surface area (TPSA) is 92.1 Å². The molecule has 0 bridgehead atoms. The monoisotopic (exact) mass is 331 g/mol. The van der Waals surface area contributed by atoms with E-state index in [2.05, 4.69) is 20.6 Å². The van der Waals surface area contributed by atoms with Gasteiger partial charge in [-0.2, -0.15) is 0 Å². The molecule has 2 aromatic rings. The van der Waals surface area contributed by atoms with E-state index >= 15 is 0 Å². The number of pyridine rings is 1. The Kier molecular flexibility index (Phi) is 5.23. The van der Waals surface area contributed by atoms with Gasteiger partial charge in [-0.25, -0.2) is 14.8 Å². The molecule has 0 aliphatic rings. The predicted molar refractivity (Wildman–Crippen MR) is 92.7 cm³/mol. The fourth-order valence-corrected chi connectivity index (χ4v) is 2.54. The summed E-state index contributed by atoms with van der Waals surface area (Å²) in [6, 6.07) is 2.91. The van der Waals surface area contributed by atoms with Gasteiger partial charge in [-0.3, -0.25) is 5.32 Å². The molecule has 0 saturated heterocycles. The highest BCUT2D eigenvalue weighted by Gasteiger charge is 2.34. The summed E-state index contributed by atoms with van der Waals surface area (Å²) in [6.07, 6.45) is 3.47. The number of aliphatic hydroxyl groups excluding tert-OH is 1. The van der Waals surface area contributed by atoms with Crippen LogP contribution in [0.25, 0.3) is 0 Å². The van der Waals surface area contributed by atoms with Crippen LogP contribution in [0.5, 0.6) is 0 Å². The van der Waals surface area contributed by atoms with Crippen LogP contribution in [0.1, 0.15) is 37.0 Å². The van der Waals surface area contributed by atoms with Gasteiger partial charge in [0.05, 0.1) is 12.6 Å². The minimum atomic E-state index is -0.577. The van der Waals surface area contributed by atoms with Crippen molar-refractivity contribution in [2.24, 2.45) is 12.5 Å². The number of nitrogens with one attached hydrogen (secondary N) is 2. The molecule has 2 heterocycles. The normalized spacial score (nSPS) is 12.8. The van der Waals surface area contributed by atoms with E-state index in [1.165, 1.54) is 0 Å². The molecule has 0 aliphatic carbocycles. The van der Waals surface area contributed by atoms with E-state index in [-0.39, 0.29) is 12.6 Å². The number of amides is 2. The first-order valence-electron chi connectivity index (χ1n) is 7.84. The zero-order valence-electron chi connectivity index (χ0n) is 14.8. The molecule has 0 spiro atoms. The van der Waals surface area contributed by atoms with E-state index in [1.807, 2.05) is 45.4 Å². The van der Waals surface area contributed by atoms with E-state index in [0.29, 0.717) is 11.6 Å². The number of hydrogen-bond donors (Lipinski definition) is 3. The maximum atomic E-state index is 12.4. The molecule has 2 amide bonds. The van der Waals surface area contributed by atoms with Gasteiger partial charge in [0.2, 0.25) is 0 Å². The first-order valence-corrected chi connectivity index (χ1v) is 7.84. The smallest absolute Gasteiger partial charge is 0.321 e. The lowest BCUT2D eigenvalue weighted by atomic mass is 9.84. The molecule has 0 aliphatic heterocycles. The van der Waals surface area contributed by atoms with Crippen molar-refractivity contribution in [3.05, 3.63) is 41.6 Å². The molecule has 24 heavy (non-hydrogen) atoms. The Hall–Kier alpha value is -2.41. The van der Waals surface area contributed by atoms with Crippen molar-refractivity contribution in [3.8, 4) is 0 Å². The number of carbonyl (C=O) groups is 1. The summed E-state index contributed by atoms with van der Waals surface area (Å²) < 4.78 is 1.83. The van der Waals surface area contributed by atoms with E-state index in [1.54, 1.807) is 18.5 Å². The molecular weight excluding hydrogens is 306 g/mol. The van der Waals surface area contributed by atoms with Crippen molar-refractivity contribution < 1.29 is 9.90 Å². The first-order chi connectivity index (χ1) is 11.2. The average molecular weight is 331 g/mol. The molecule has 1 atom stereocenters. The molecule has 0 fully saturated rings. The van der Waals surface area contributed by atoms with Crippen molar-refractivity contribution in [2.75, 3.05) is 11.9 Å². The van der Waals surface area contributed by atoms with Crippen molar-refractivity contribution in [3.63, 3.8) is 0 Å². The maximum absolute atomic E-state index is 12.4. The van der Waals surface area contributed by atoms with Crippen LogP contribution in [0.15, 0.2) is 24.5 Å². The molecule has 7 heteroatoms. The molecule has 3 N–H and O–H groups in total. The van der Waals surface area contributed by atoms with Gasteiger partial charge in [-0.05, 0) is 31.5 Å². The lowest BCUT2D eigenvalue weighted by molar-refractivity contribution is 0.114. The molecule has 2 rings (SSSR count). The Morgan fingerprint density at radius 1 is 1.38 bits per heavy atom. The van der Waals surface area contributed by atoms with Gasteiger partial charge in [-0.1, -0.05) is 13.8 Å². The van der Waals surface area contributed by atoms with Crippen LogP contribution >= 0.6 is 0 Å². The largest absolute Gasteiger partial charge is 0.396 e. The molecule has 2 aromatic heterocycles. The third kappa shape index (κ3) is 4.11. The maximum Gasteiger partial charge on any atom is 0.321 e. The van der Waals surface area contributed by atoms with Gasteiger partial charge >= 0.3 is 6.03 Å². The minimum Gasteiger partial charge on any atom is -0.396 e. The van der Waals surface area contributed by atoms with Gasteiger partial charge in [0.1, 0.15) is 11.6 Å². The number of rotatable bonds is 5. The van der Waals surface area contributed by atoms with Crippen LogP contribution in [-0.4, -0.2) is 32.3 Å². The van der Waals surface area contributed by atoms with Crippen LogP contribution in [0.3, 0.4) is 0 Å². The summed E-state index contributed by atoms with van der Waals surface area (Å²) in [5, 5.41) is 15.4. The highest BCUT2D eigenvalue weighted by molar-refractivity contribution is 5.88. The number of anilines is 1. The second-order valence-electron chi connectivity index (χ2n) is 6.75. The zero-order valence-corrected chi connectivity index (χ0v) is 14.8. The molecule has 7 nitrogen and oxygen atoms in total. The van der Waals surface area contributed by atoms with E-state index in [4.69, 9.17) is 0 Å². The standard InChI is InChI=1S/C17H25N5O2/c1-11-8-12(2)19-13(9-11)20-16(24)21-14(17(3,4)10-23)15-18-6-7-22(15)5/h6-9,14,23H,10H2,1-5H3,(H2,19,20,21,24). The summed E-state index contributed by atoms with van der Waals surface area (Å²) in [6.45, 7) is 7.49. The number of aliphatic hydroxyl groups is 1. The second kappa shape index (κ2) is 7.00. The summed E-state index contributed by atoms with van der Waals surface area (Å²) in [7, 11) is 1.86. The number of nitrogens with zero attached hydrogens (tertiary/aromatic N) is 3. The summed E-state index contributed by atoms with van der Waals surface area (Å²) in [5.41, 5.74) is 1.28. The first kappa shape index (κ1) is 17.9. The molecule has 130 valence electrons. The molecular formula is C17H25N5O2. The van der Waals surface area contributed by atoms with Gasteiger partial charge in [0.25, 0.3) is 0 Å². The van der Waals surface area contributed by atoms with Crippen LogP contribution in [0.4, 0.5) is 10.6 Å². The zero-order chi connectivity index (χ0) is 17.9. The number of hydrogen-bond acceptors (Lipinski definition) is 4. The Labute approximate surface area is 142 Å². The van der Waals surface area contributed by atoms with E-state index in [9.17, 15) is 9.90 Å². The Bertz CT molecular complexity index is 703. The summed E-state index contributed by atoms with van der Waals surface area (Å²) in [4.78, 5) is 21.0. The highest BCUT2D eigenvalue weighted by Crippen LogP contribution is 2.31. The molecule has 0 aromatic carbocycles. The van der Waals surface area contributed by atoms with Crippen molar-refractivity contribution in [1.29, 1.82) is 0 Å². The van der Waals surface area contributed by atoms with Crippen molar-refractivity contribution >= 4 is 11.8 Å². The SMILES string of the molecule is Cc1cc(C)nc(NC(=O)NC(c2nccn2C)C(C)(C)CO)c1. The third-order valence-corrected chi connectivity index (χ3v) is 3.92. The molecule has 0 saturated carbocycles. The summed E-state index contributed by atoms with van der Waals surface area (Å²) >= 11 is 0. The van der Waals surface area contributed by atoms with Crippen LogP contribution in [0, 0.1) is 19.3 Å². The quantitative estimate of drug-likeness (QED) is 0.784. The van der Waals surface area contributed by atoms with Gasteiger partial charge in [-0.15, -0.1) is 0 Å². The summed E-state index contributed by atoms with van der Waals surface area (Å²) in [5.74, 6) is 1.17. The number of carbonyl (C=O) groups excluding carboxylic acids is 1. The van der Waals surface area contributed by atoms with Gasteiger partial charge < -0.3 is 15.0 Å². The van der Waals surface area contributed by atoms with Gasteiger partial charge in [0.15, 0.2) is 0 Å². The third-order valence-electron chi connectivity index (χ3n) is 3.92. The Balaban J connectivity index is 2.20. The Morgan fingerprint density at radius 3 is 2.62 bits per heavy atom. The lowest BCUT2D eigenvalue weighted by Crippen LogP contribution is -2.43.